The van der Waals surface area contributed by atoms with Gasteiger partial charge in [-0.25, -0.2) is 0 Å². The summed E-state index contributed by atoms with van der Waals surface area (Å²) in [6.07, 6.45) is -4.66. The predicted octanol–water partition coefficient (Wildman–Crippen LogP) is 3.15. The van der Waals surface area contributed by atoms with E-state index in [0.29, 0.717) is 0 Å². The number of primary amides is 1. The molecule has 2 rings (SSSR count). The molecule has 0 spiro atoms. The van der Waals surface area contributed by atoms with Crippen molar-refractivity contribution in [3.8, 4) is 0 Å². The van der Waals surface area contributed by atoms with Crippen molar-refractivity contribution in [3.05, 3.63) is 71.3 Å². The Morgan fingerprint density at radius 1 is 0.962 bits per heavy atom. The van der Waals surface area contributed by atoms with E-state index in [0.717, 1.165) is 17.7 Å². The Morgan fingerprint density at radius 3 is 2.23 bits per heavy atom. The molecule has 2 N–H and O–H groups in total. The van der Waals surface area contributed by atoms with Gasteiger partial charge in [0, 0.05) is 19.5 Å². The third-order valence-corrected chi connectivity index (χ3v) is 3.81. The van der Waals surface area contributed by atoms with Crippen molar-refractivity contribution in [3.63, 3.8) is 0 Å². The molecular formula is C19H19F3N2O2. The summed E-state index contributed by atoms with van der Waals surface area (Å²) in [5.74, 6) is -0.913. The number of amides is 2. The smallest absolute Gasteiger partial charge is 0.370 e. The first-order valence-corrected chi connectivity index (χ1v) is 8.02. The molecule has 2 amide bonds. The largest absolute Gasteiger partial charge is 0.416 e. The van der Waals surface area contributed by atoms with Gasteiger partial charge >= 0.3 is 6.18 Å². The van der Waals surface area contributed by atoms with Crippen LogP contribution in [0.5, 0.6) is 0 Å². The van der Waals surface area contributed by atoms with Gasteiger partial charge < -0.3 is 10.6 Å². The molecule has 2 aromatic carbocycles. The minimum atomic E-state index is -4.46. The Kier molecular flexibility index (Phi) is 6.38. The van der Waals surface area contributed by atoms with Crippen LogP contribution in [0.4, 0.5) is 13.2 Å². The normalized spacial score (nSPS) is 11.2. The fourth-order valence-electron chi connectivity index (χ4n) is 2.48. The molecule has 138 valence electrons. The zero-order valence-corrected chi connectivity index (χ0v) is 14.0. The Hall–Kier alpha value is -2.83. The average molecular weight is 364 g/mol. The van der Waals surface area contributed by atoms with Gasteiger partial charge in [-0.15, -0.1) is 0 Å². The second kappa shape index (κ2) is 8.51. The van der Waals surface area contributed by atoms with E-state index in [2.05, 4.69) is 0 Å². The Bertz CT molecular complexity index is 761. The molecular weight excluding hydrogens is 345 g/mol. The van der Waals surface area contributed by atoms with E-state index < -0.39 is 17.6 Å². The van der Waals surface area contributed by atoms with Gasteiger partial charge in [0.15, 0.2) is 0 Å². The monoisotopic (exact) mass is 364 g/mol. The molecule has 0 aliphatic rings. The lowest BCUT2D eigenvalue weighted by molar-refractivity contribution is -0.138. The van der Waals surface area contributed by atoms with Gasteiger partial charge in [0.05, 0.1) is 12.0 Å². The Morgan fingerprint density at radius 2 is 1.62 bits per heavy atom. The molecule has 0 atom stereocenters. The highest BCUT2D eigenvalue weighted by atomic mass is 19.4. The third-order valence-electron chi connectivity index (χ3n) is 3.81. The highest BCUT2D eigenvalue weighted by Gasteiger charge is 2.30. The quantitative estimate of drug-likeness (QED) is 0.820. The molecule has 0 aliphatic carbocycles. The van der Waals surface area contributed by atoms with Gasteiger partial charge in [0.25, 0.3) is 0 Å². The van der Waals surface area contributed by atoms with Crippen molar-refractivity contribution in [2.24, 2.45) is 5.73 Å². The number of alkyl halides is 3. The first kappa shape index (κ1) is 19.5. The van der Waals surface area contributed by atoms with Crippen molar-refractivity contribution < 1.29 is 22.8 Å². The van der Waals surface area contributed by atoms with E-state index in [9.17, 15) is 22.8 Å². The summed E-state index contributed by atoms with van der Waals surface area (Å²) in [6.45, 7) is 0.369. The van der Waals surface area contributed by atoms with E-state index in [1.54, 1.807) is 0 Å². The highest BCUT2D eigenvalue weighted by molar-refractivity contribution is 5.80. The number of carbonyl (C=O) groups is 2. The standard InChI is InChI=1S/C19H19F3N2O2/c20-19(21,22)16-8-4-7-15(11-16)12-18(26)24(10-9-17(23)25)13-14-5-2-1-3-6-14/h1-8,11H,9-10,12-13H2,(H2,23,25). The number of benzene rings is 2. The predicted molar refractivity (Wildman–Crippen MR) is 90.8 cm³/mol. The number of nitrogens with two attached hydrogens (primary N) is 1. The van der Waals surface area contributed by atoms with Gasteiger partial charge in [-0.05, 0) is 17.2 Å². The number of rotatable bonds is 7. The molecule has 0 fully saturated rings. The summed E-state index contributed by atoms with van der Waals surface area (Å²) in [5, 5.41) is 0. The molecule has 0 aliphatic heterocycles. The number of hydrogen-bond donors (Lipinski definition) is 1. The van der Waals surface area contributed by atoms with Crippen LogP contribution in [-0.2, 0) is 28.7 Å². The number of halogens is 3. The molecule has 0 saturated carbocycles. The van der Waals surface area contributed by atoms with E-state index in [1.807, 2.05) is 30.3 Å². The molecule has 0 heterocycles. The molecule has 7 heteroatoms. The molecule has 4 nitrogen and oxygen atoms in total. The van der Waals surface area contributed by atoms with Crippen LogP contribution < -0.4 is 5.73 Å². The number of hydrogen-bond acceptors (Lipinski definition) is 2. The van der Waals surface area contributed by atoms with Gasteiger partial charge in [-0.2, -0.15) is 13.2 Å². The summed E-state index contributed by atoms with van der Waals surface area (Å²) in [7, 11) is 0. The number of carbonyl (C=O) groups excluding carboxylic acids is 2. The summed E-state index contributed by atoms with van der Waals surface area (Å²) in [4.78, 5) is 25.1. The lowest BCUT2D eigenvalue weighted by atomic mass is 10.1. The minimum absolute atomic E-state index is 0.0127. The van der Waals surface area contributed by atoms with Gasteiger partial charge in [0.1, 0.15) is 0 Å². The van der Waals surface area contributed by atoms with Gasteiger partial charge in [-0.3, -0.25) is 9.59 Å². The van der Waals surface area contributed by atoms with Crippen LogP contribution in [0.25, 0.3) is 0 Å². The molecule has 0 saturated heterocycles. The first-order valence-electron chi connectivity index (χ1n) is 8.02. The van der Waals surface area contributed by atoms with Crippen LogP contribution in [0.15, 0.2) is 54.6 Å². The number of nitrogens with zero attached hydrogens (tertiary/aromatic N) is 1. The topological polar surface area (TPSA) is 63.4 Å². The fraction of sp³-hybridized carbons (Fsp3) is 0.263. The molecule has 0 radical (unpaired) electrons. The Labute approximate surface area is 149 Å². The van der Waals surface area contributed by atoms with Crippen LogP contribution in [0.2, 0.25) is 0 Å². The summed E-state index contributed by atoms with van der Waals surface area (Å²) < 4.78 is 38.4. The SMILES string of the molecule is NC(=O)CCN(Cc1ccccc1)C(=O)Cc1cccc(C(F)(F)F)c1. The second-order valence-corrected chi connectivity index (χ2v) is 5.89. The zero-order chi connectivity index (χ0) is 19.2. The maximum Gasteiger partial charge on any atom is 0.416 e. The molecule has 26 heavy (non-hydrogen) atoms. The van der Waals surface area contributed by atoms with Crippen LogP contribution >= 0.6 is 0 Å². The summed E-state index contributed by atoms with van der Waals surface area (Å²) in [6, 6.07) is 13.8. The minimum Gasteiger partial charge on any atom is -0.370 e. The van der Waals surface area contributed by atoms with Gasteiger partial charge in [-0.1, -0.05) is 48.5 Å². The van der Waals surface area contributed by atoms with Crippen molar-refractivity contribution in [2.45, 2.75) is 25.6 Å². The lowest BCUT2D eigenvalue weighted by Crippen LogP contribution is -2.34. The van der Waals surface area contributed by atoms with Crippen molar-refractivity contribution in [2.75, 3.05) is 6.54 Å². The fourth-order valence-corrected chi connectivity index (χ4v) is 2.48. The lowest BCUT2D eigenvalue weighted by Gasteiger charge is -2.22. The summed E-state index contributed by atoms with van der Waals surface area (Å²) in [5.41, 5.74) is 5.48. The average Bonchev–Trinajstić information content (AvgIpc) is 2.58. The van der Waals surface area contributed by atoms with Gasteiger partial charge in [0.2, 0.25) is 11.8 Å². The molecule has 0 bridgehead atoms. The van der Waals surface area contributed by atoms with Crippen molar-refractivity contribution in [1.29, 1.82) is 0 Å². The first-order chi connectivity index (χ1) is 12.3. The molecule has 0 unspecified atom stereocenters. The van der Waals surface area contributed by atoms with Crippen LogP contribution in [0.1, 0.15) is 23.1 Å². The van der Waals surface area contributed by atoms with E-state index in [4.69, 9.17) is 5.73 Å². The third kappa shape index (κ3) is 5.91. The second-order valence-electron chi connectivity index (χ2n) is 5.89. The van der Waals surface area contributed by atoms with Crippen LogP contribution in [0.3, 0.4) is 0 Å². The van der Waals surface area contributed by atoms with E-state index in [1.165, 1.54) is 17.0 Å². The maximum atomic E-state index is 12.8. The van der Waals surface area contributed by atoms with Crippen molar-refractivity contribution in [1.82, 2.24) is 4.90 Å². The molecule has 0 aromatic heterocycles. The van der Waals surface area contributed by atoms with E-state index in [-0.39, 0.29) is 37.4 Å². The zero-order valence-electron chi connectivity index (χ0n) is 14.0. The van der Waals surface area contributed by atoms with Crippen LogP contribution in [-0.4, -0.2) is 23.3 Å². The van der Waals surface area contributed by atoms with Crippen molar-refractivity contribution >= 4 is 11.8 Å². The van der Waals surface area contributed by atoms with E-state index >= 15 is 0 Å². The maximum absolute atomic E-state index is 12.8. The highest BCUT2D eigenvalue weighted by Crippen LogP contribution is 2.29. The summed E-state index contributed by atoms with van der Waals surface area (Å²) >= 11 is 0. The van der Waals surface area contributed by atoms with Crippen LogP contribution in [0, 0.1) is 0 Å². The Balaban J connectivity index is 2.14. The molecule has 2 aromatic rings.